The van der Waals surface area contributed by atoms with Gasteiger partial charge >= 0.3 is 0 Å². The van der Waals surface area contributed by atoms with Crippen LogP contribution in [-0.4, -0.2) is 68.5 Å². The van der Waals surface area contributed by atoms with E-state index in [-0.39, 0.29) is 12.5 Å². The summed E-state index contributed by atoms with van der Waals surface area (Å²) < 4.78 is 23.4. The topological polar surface area (TPSA) is 108 Å². The lowest BCUT2D eigenvalue weighted by Crippen LogP contribution is -2.45. The lowest BCUT2D eigenvalue weighted by molar-refractivity contribution is -0.870. The van der Waals surface area contributed by atoms with Gasteiger partial charge in [-0.05, 0) is 77.0 Å². The number of nitrogens with zero attached hydrogens (tertiary/aromatic N) is 1. The van der Waals surface area contributed by atoms with Crippen molar-refractivity contribution < 1.29 is 32.9 Å². The summed E-state index contributed by atoms with van der Waals surface area (Å²) in [6.07, 6.45) is 87.9. The first-order valence-corrected chi connectivity index (χ1v) is 37.1. The first kappa shape index (κ1) is 80.2. The van der Waals surface area contributed by atoms with E-state index in [1.54, 1.807) is 6.08 Å². The van der Waals surface area contributed by atoms with Gasteiger partial charge in [0.05, 0.1) is 39.9 Å². The minimum Gasteiger partial charge on any atom is -0.756 e. The number of phosphoric ester groups is 1. The van der Waals surface area contributed by atoms with E-state index in [1.807, 2.05) is 27.2 Å². The van der Waals surface area contributed by atoms with Gasteiger partial charge in [0.2, 0.25) is 5.91 Å². The molecule has 0 saturated carbocycles. The number of amides is 1. The first-order chi connectivity index (χ1) is 40.0. The first-order valence-electron chi connectivity index (χ1n) is 35.7. The lowest BCUT2D eigenvalue weighted by Gasteiger charge is -2.29. The third-order valence-corrected chi connectivity index (χ3v) is 17.1. The summed E-state index contributed by atoms with van der Waals surface area (Å²) in [4.78, 5) is 25.6. The van der Waals surface area contributed by atoms with Crippen LogP contribution in [0.1, 0.15) is 348 Å². The molecule has 8 nitrogen and oxygen atoms in total. The van der Waals surface area contributed by atoms with E-state index in [0.29, 0.717) is 17.4 Å². The number of carbonyl (C=O) groups is 1. The summed E-state index contributed by atoms with van der Waals surface area (Å²) in [5.74, 6) is -0.207. The van der Waals surface area contributed by atoms with Gasteiger partial charge in [0.25, 0.3) is 7.82 Å². The third-order valence-electron chi connectivity index (χ3n) is 16.2. The smallest absolute Gasteiger partial charge is 0.268 e. The highest BCUT2D eigenvalue weighted by Crippen LogP contribution is 2.38. The molecule has 82 heavy (non-hydrogen) atoms. The summed E-state index contributed by atoms with van der Waals surface area (Å²) in [5, 5.41) is 13.9. The predicted octanol–water partition coefficient (Wildman–Crippen LogP) is 22.1. The molecule has 0 radical (unpaired) electrons. The molecule has 0 rings (SSSR count). The summed E-state index contributed by atoms with van der Waals surface area (Å²) in [6.45, 7) is 4.66. The second-order valence-corrected chi connectivity index (χ2v) is 27.0. The van der Waals surface area contributed by atoms with Crippen LogP contribution in [-0.2, 0) is 18.4 Å². The maximum Gasteiger partial charge on any atom is 0.268 e. The van der Waals surface area contributed by atoms with Crippen LogP contribution in [0.15, 0.2) is 60.8 Å². The van der Waals surface area contributed by atoms with E-state index < -0.39 is 26.6 Å². The van der Waals surface area contributed by atoms with E-state index >= 15 is 0 Å². The van der Waals surface area contributed by atoms with Gasteiger partial charge in [-0.3, -0.25) is 9.36 Å². The minimum atomic E-state index is -4.62. The van der Waals surface area contributed by atoms with Crippen LogP contribution >= 0.6 is 7.82 Å². The second kappa shape index (κ2) is 63.7. The zero-order valence-corrected chi connectivity index (χ0v) is 56.1. The number of aliphatic hydroxyl groups excluding tert-OH is 1. The second-order valence-electron chi connectivity index (χ2n) is 25.6. The fourth-order valence-corrected chi connectivity index (χ4v) is 11.4. The zero-order chi connectivity index (χ0) is 59.8. The Bertz CT molecular complexity index is 1520. The summed E-state index contributed by atoms with van der Waals surface area (Å²) in [6, 6.07) is -0.913. The zero-order valence-electron chi connectivity index (χ0n) is 55.2. The molecule has 0 bridgehead atoms. The van der Waals surface area contributed by atoms with Gasteiger partial charge in [-0.15, -0.1) is 0 Å². The third kappa shape index (κ3) is 65.7. The molecule has 2 N–H and O–H groups in total. The molecule has 9 heteroatoms. The maximum atomic E-state index is 13.0. The van der Waals surface area contributed by atoms with Gasteiger partial charge in [0.1, 0.15) is 13.2 Å². The molecule has 0 aromatic rings. The number of carbonyl (C=O) groups excluding carboxylic acids is 1. The Hall–Kier alpha value is -1.80. The fraction of sp³-hybridized carbons (Fsp3) is 0.849. The number of nitrogens with one attached hydrogen (secondary N) is 1. The standard InChI is InChI=1S/C73H139N2O6P/c1-6-8-10-12-14-16-18-20-22-24-26-28-30-32-34-36-37-39-40-42-44-46-48-50-52-54-56-58-60-62-64-66-72(76)71(70-81-82(78,79)80-69-68-75(3,4)5)74-73(77)67-65-63-61-59-57-55-53-51-49-47-45-43-41-38-35-33-31-29-27-25-23-21-19-17-15-13-11-9-7-2/h19,21,25,27,48,50,56,58,64,66,71-72,76H,6-18,20,22-24,26,28-47,49,51-55,57,59-63,65,67-70H2,1-5H3,(H-,74,77,78,79)/b21-19-,27-25-,50-48+,58-56+,66-64+. The van der Waals surface area contributed by atoms with Gasteiger partial charge in [0.15, 0.2) is 0 Å². The van der Waals surface area contributed by atoms with E-state index in [2.05, 4.69) is 67.8 Å². The molecule has 0 heterocycles. The van der Waals surface area contributed by atoms with Crippen molar-refractivity contribution in [3.63, 3.8) is 0 Å². The molecule has 3 atom stereocenters. The minimum absolute atomic E-state index is 0.00927. The molecule has 0 aliphatic carbocycles. The number of unbranched alkanes of at least 4 members (excludes halogenated alkanes) is 45. The van der Waals surface area contributed by atoms with Crippen LogP contribution in [0.2, 0.25) is 0 Å². The van der Waals surface area contributed by atoms with E-state index in [1.165, 1.54) is 276 Å². The van der Waals surface area contributed by atoms with Crippen molar-refractivity contribution in [1.29, 1.82) is 0 Å². The SMILES string of the molecule is CCCCCCC/C=C\C/C=C\CCCCCCCCCCCCCCCCCCCC(=O)NC(COP(=O)([O-])OCC[N+](C)(C)C)C(O)/C=C/CC/C=C/CC/C=C/CCCCCCCCCCCCCCCCCCCCCCC. The van der Waals surface area contributed by atoms with Crippen molar-refractivity contribution in [2.75, 3.05) is 40.9 Å². The molecular formula is C73H139N2O6P. The number of rotatable bonds is 66. The largest absolute Gasteiger partial charge is 0.756 e. The average molecular weight is 1170 g/mol. The van der Waals surface area contributed by atoms with Crippen molar-refractivity contribution in [2.24, 2.45) is 0 Å². The van der Waals surface area contributed by atoms with Crippen LogP contribution < -0.4 is 10.2 Å². The predicted molar refractivity (Wildman–Crippen MR) is 357 cm³/mol. The monoisotopic (exact) mass is 1170 g/mol. The van der Waals surface area contributed by atoms with E-state index in [4.69, 9.17) is 9.05 Å². The Morgan fingerprint density at radius 2 is 0.720 bits per heavy atom. The highest BCUT2D eigenvalue weighted by Gasteiger charge is 2.23. The Balaban J connectivity index is 4.11. The Kier molecular flexibility index (Phi) is 62.3. The van der Waals surface area contributed by atoms with Gasteiger partial charge in [0, 0.05) is 6.42 Å². The molecule has 482 valence electrons. The molecule has 3 unspecified atom stereocenters. The number of quaternary nitrogens is 1. The molecule has 0 aliphatic rings. The number of allylic oxidation sites excluding steroid dienone is 9. The maximum absolute atomic E-state index is 13.0. The van der Waals surface area contributed by atoms with Crippen molar-refractivity contribution >= 4 is 13.7 Å². The number of hydrogen-bond donors (Lipinski definition) is 2. The highest BCUT2D eigenvalue weighted by molar-refractivity contribution is 7.45. The van der Waals surface area contributed by atoms with Crippen LogP contribution in [0.5, 0.6) is 0 Å². The number of aliphatic hydroxyl groups is 1. The summed E-state index contributed by atoms with van der Waals surface area (Å²) >= 11 is 0. The van der Waals surface area contributed by atoms with Gasteiger partial charge < -0.3 is 28.8 Å². The summed E-state index contributed by atoms with van der Waals surface area (Å²) in [7, 11) is 1.24. The van der Waals surface area contributed by atoms with Crippen molar-refractivity contribution in [1.82, 2.24) is 5.32 Å². The highest BCUT2D eigenvalue weighted by atomic mass is 31.2. The molecular weight excluding hydrogens is 1030 g/mol. The van der Waals surface area contributed by atoms with Crippen molar-refractivity contribution in [3.8, 4) is 0 Å². The summed E-state index contributed by atoms with van der Waals surface area (Å²) in [5.41, 5.74) is 0. The Morgan fingerprint density at radius 3 is 1.06 bits per heavy atom. The van der Waals surface area contributed by atoms with Crippen molar-refractivity contribution in [3.05, 3.63) is 60.8 Å². The van der Waals surface area contributed by atoms with Gasteiger partial charge in [-0.25, -0.2) is 0 Å². The molecule has 1 amide bonds. The molecule has 0 fully saturated rings. The number of phosphoric acid groups is 1. The van der Waals surface area contributed by atoms with Gasteiger partial charge in [-0.1, -0.05) is 325 Å². The quantitative estimate of drug-likeness (QED) is 0.0272. The van der Waals surface area contributed by atoms with Crippen LogP contribution in [0.25, 0.3) is 0 Å². The lowest BCUT2D eigenvalue weighted by atomic mass is 10.0. The van der Waals surface area contributed by atoms with Crippen LogP contribution in [0.3, 0.4) is 0 Å². The number of likely N-dealkylation sites (N-methyl/N-ethyl adjacent to an activating group) is 1. The molecule has 0 aromatic carbocycles. The Labute approximate surface area is 511 Å². The van der Waals surface area contributed by atoms with Crippen molar-refractivity contribution in [2.45, 2.75) is 360 Å². The molecule has 0 aliphatic heterocycles. The molecule has 0 spiro atoms. The fourth-order valence-electron chi connectivity index (χ4n) is 10.6. The molecule has 0 aromatic heterocycles. The van der Waals surface area contributed by atoms with E-state index in [9.17, 15) is 19.4 Å². The number of hydrogen-bond acceptors (Lipinski definition) is 6. The van der Waals surface area contributed by atoms with E-state index in [0.717, 1.165) is 51.4 Å². The van der Waals surface area contributed by atoms with Crippen LogP contribution in [0, 0.1) is 0 Å². The Morgan fingerprint density at radius 1 is 0.427 bits per heavy atom. The molecule has 0 saturated heterocycles. The normalized spacial score (nSPS) is 14.0. The van der Waals surface area contributed by atoms with Crippen LogP contribution in [0.4, 0.5) is 0 Å². The van der Waals surface area contributed by atoms with Gasteiger partial charge in [-0.2, -0.15) is 0 Å². The average Bonchev–Trinajstić information content (AvgIpc) is 3.47.